The Morgan fingerprint density at radius 2 is 1.52 bits per heavy atom. The second-order valence-electron chi connectivity index (χ2n) is 6.86. The van der Waals surface area contributed by atoms with Crippen LogP contribution in [-0.2, 0) is 14.3 Å². The number of rotatable bonds is 15. The number of carbonyl (C=O) groups is 1. The molecule has 1 atom stereocenters. The number of allylic oxidation sites excluding steroid dienone is 9. The van der Waals surface area contributed by atoms with Gasteiger partial charge in [0.05, 0.1) is 6.26 Å². The minimum Gasteiger partial charge on any atom is -0.505 e. The van der Waals surface area contributed by atoms with Gasteiger partial charge in [-0.2, -0.15) is 0 Å². The lowest BCUT2D eigenvalue weighted by Gasteiger charge is -2.07. The predicted octanol–water partition coefficient (Wildman–Crippen LogP) is 6.99. The Balaban J connectivity index is 2.11. The molecule has 0 fully saturated rings. The Morgan fingerprint density at radius 1 is 0.931 bits per heavy atom. The average molecular weight is 401 g/mol. The Kier molecular flexibility index (Phi) is 13.9. The quantitative estimate of drug-likeness (QED) is 0.139. The Labute approximate surface area is 176 Å². The van der Waals surface area contributed by atoms with Crippen LogP contribution in [0.5, 0.6) is 0 Å². The molecule has 29 heavy (non-hydrogen) atoms. The van der Waals surface area contributed by atoms with Gasteiger partial charge in [-0.15, -0.1) is 0 Å². The molecule has 1 aliphatic heterocycles. The highest BCUT2D eigenvalue weighted by Crippen LogP contribution is 2.25. The summed E-state index contributed by atoms with van der Waals surface area (Å²) in [7, 11) is 0. The first-order valence-corrected chi connectivity index (χ1v) is 10.7. The lowest BCUT2D eigenvalue weighted by molar-refractivity contribution is -0.142. The van der Waals surface area contributed by atoms with Crippen LogP contribution in [0.25, 0.3) is 0 Å². The molecule has 0 saturated heterocycles. The number of carbonyl (C=O) groups excluding carboxylic acids is 1. The standard InChI is InChI=1S/C25H36O4/c1-3-5-6-7-8-9-10-11-12-13-14-15-16-17-18-19-20-22-23(26)24(25(27)29-22)28-21-4-2/h4,8-9,11-12,14-15,17-18,21-22,26H,3,5-7,10,13,16,19-20H2,1-2H3/b9-8-,12-11-,15-14-,18-17-,21-4-/t22-/m1/s1. The van der Waals surface area contributed by atoms with Gasteiger partial charge in [0.15, 0.2) is 11.9 Å². The van der Waals surface area contributed by atoms with Crippen molar-refractivity contribution in [3.05, 3.63) is 72.5 Å². The van der Waals surface area contributed by atoms with E-state index < -0.39 is 12.1 Å². The van der Waals surface area contributed by atoms with Gasteiger partial charge in [0.1, 0.15) is 0 Å². The monoisotopic (exact) mass is 400 g/mol. The summed E-state index contributed by atoms with van der Waals surface area (Å²) in [5.41, 5.74) is 0. The molecule has 0 spiro atoms. The zero-order valence-electron chi connectivity index (χ0n) is 17.9. The van der Waals surface area contributed by atoms with Gasteiger partial charge in [0.2, 0.25) is 0 Å². The molecule has 0 saturated carbocycles. The zero-order chi connectivity index (χ0) is 21.2. The number of cyclic esters (lactones) is 1. The van der Waals surface area contributed by atoms with Crippen molar-refractivity contribution in [3.8, 4) is 0 Å². The van der Waals surface area contributed by atoms with Crippen LogP contribution in [0.1, 0.15) is 71.6 Å². The normalized spacial score (nSPS) is 17.9. The molecule has 0 amide bonds. The maximum atomic E-state index is 11.6. The summed E-state index contributed by atoms with van der Waals surface area (Å²) >= 11 is 0. The van der Waals surface area contributed by atoms with E-state index >= 15 is 0 Å². The van der Waals surface area contributed by atoms with E-state index in [4.69, 9.17) is 9.47 Å². The van der Waals surface area contributed by atoms with Crippen LogP contribution in [0.2, 0.25) is 0 Å². The highest BCUT2D eigenvalue weighted by atomic mass is 16.6. The van der Waals surface area contributed by atoms with Crippen molar-refractivity contribution < 1.29 is 19.4 Å². The van der Waals surface area contributed by atoms with Gasteiger partial charge in [-0.25, -0.2) is 4.79 Å². The summed E-state index contributed by atoms with van der Waals surface area (Å²) in [4.78, 5) is 11.6. The summed E-state index contributed by atoms with van der Waals surface area (Å²) in [6.07, 6.45) is 28.8. The van der Waals surface area contributed by atoms with Gasteiger partial charge in [-0.05, 0) is 51.9 Å². The van der Waals surface area contributed by atoms with Crippen LogP contribution in [-0.4, -0.2) is 17.2 Å². The molecular formula is C25H36O4. The van der Waals surface area contributed by atoms with Gasteiger partial charge in [0, 0.05) is 0 Å². The van der Waals surface area contributed by atoms with Crippen molar-refractivity contribution in [2.45, 2.75) is 77.7 Å². The van der Waals surface area contributed by atoms with E-state index in [9.17, 15) is 9.90 Å². The molecule has 4 heteroatoms. The van der Waals surface area contributed by atoms with Gasteiger partial charge in [-0.1, -0.05) is 74.4 Å². The van der Waals surface area contributed by atoms with Crippen molar-refractivity contribution in [3.63, 3.8) is 0 Å². The lowest BCUT2D eigenvalue weighted by atomic mass is 10.1. The molecule has 0 bridgehead atoms. The maximum absolute atomic E-state index is 11.6. The minimum absolute atomic E-state index is 0.111. The van der Waals surface area contributed by atoms with Crippen molar-refractivity contribution in [1.82, 2.24) is 0 Å². The van der Waals surface area contributed by atoms with Crippen LogP contribution in [0.15, 0.2) is 72.5 Å². The van der Waals surface area contributed by atoms with E-state index in [1.807, 2.05) is 6.08 Å². The fourth-order valence-corrected chi connectivity index (χ4v) is 2.74. The Bertz CT molecular complexity index is 635. The number of aliphatic hydroxyl groups excluding tert-OH is 1. The third-order valence-corrected chi connectivity index (χ3v) is 4.35. The second-order valence-corrected chi connectivity index (χ2v) is 6.86. The van der Waals surface area contributed by atoms with Gasteiger partial charge in [-0.3, -0.25) is 0 Å². The van der Waals surface area contributed by atoms with E-state index in [1.54, 1.807) is 13.0 Å². The average Bonchev–Trinajstić information content (AvgIpc) is 2.99. The molecule has 1 aliphatic rings. The first-order valence-electron chi connectivity index (χ1n) is 10.7. The largest absolute Gasteiger partial charge is 0.505 e. The number of aliphatic hydroxyl groups is 1. The van der Waals surface area contributed by atoms with Crippen LogP contribution in [0.4, 0.5) is 0 Å². The van der Waals surface area contributed by atoms with Crippen LogP contribution in [0.3, 0.4) is 0 Å². The summed E-state index contributed by atoms with van der Waals surface area (Å²) in [5.74, 6) is -0.846. The molecular weight excluding hydrogens is 364 g/mol. The SMILES string of the molecule is C/C=C\OC1=C(O)[C@@H](CC/C=C\C/C=C\C/C=C\C/C=C\CCCCC)OC1=O. The molecule has 0 aromatic rings. The highest BCUT2D eigenvalue weighted by molar-refractivity contribution is 5.89. The predicted molar refractivity (Wildman–Crippen MR) is 119 cm³/mol. The summed E-state index contributed by atoms with van der Waals surface area (Å²) < 4.78 is 10.2. The summed E-state index contributed by atoms with van der Waals surface area (Å²) in [6, 6.07) is 0. The summed E-state index contributed by atoms with van der Waals surface area (Å²) in [5, 5.41) is 10.0. The molecule has 1 N–H and O–H groups in total. The van der Waals surface area contributed by atoms with Crippen molar-refractivity contribution in [2.24, 2.45) is 0 Å². The zero-order valence-corrected chi connectivity index (χ0v) is 17.9. The van der Waals surface area contributed by atoms with Crippen molar-refractivity contribution in [2.75, 3.05) is 0 Å². The van der Waals surface area contributed by atoms with Gasteiger partial charge < -0.3 is 14.6 Å². The maximum Gasteiger partial charge on any atom is 0.378 e. The summed E-state index contributed by atoms with van der Waals surface area (Å²) in [6.45, 7) is 3.99. The van der Waals surface area contributed by atoms with Crippen LogP contribution < -0.4 is 0 Å². The molecule has 1 rings (SSSR count). The number of ether oxygens (including phenoxy) is 2. The van der Waals surface area contributed by atoms with E-state index in [-0.39, 0.29) is 11.5 Å². The molecule has 0 aromatic heterocycles. The number of hydrogen-bond donors (Lipinski definition) is 1. The molecule has 0 radical (unpaired) electrons. The molecule has 0 aromatic carbocycles. The highest BCUT2D eigenvalue weighted by Gasteiger charge is 2.35. The number of esters is 1. The van der Waals surface area contributed by atoms with E-state index in [1.165, 1.54) is 31.9 Å². The minimum atomic E-state index is -0.617. The van der Waals surface area contributed by atoms with Crippen molar-refractivity contribution >= 4 is 5.97 Å². The molecule has 0 unspecified atom stereocenters. The molecule has 0 aliphatic carbocycles. The number of hydrogen-bond acceptors (Lipinski definition) is 4. The first kappa shape index (κ1) is 24.5. The lowest BCUT2D eigenvalue weighted by Crippen LogP contribution is -2.10. The smallest absolute Gasteiger partial charge is 0.378 e. The molecule has 1 heterocycles. The Hall–Kier alpha value is -2.49. The fourth-order valence-electron chi connectivity index (χ4n) is 2.74. The number of unbranched alkanes of at least 4 members (excludes halogenated alkanes) is 3. The Morgan fingerprint density at radius 3 is 2.10 bits per heavy atom. The van der Waals surface area contributed by atoms with E-state index in [0.717, 1.165) is 25.7 Å². The fraction of sp³-hybridized carbons (Fsp3) is 0.480. The first-order chi connectivity index (χ1) is 14.2. The van der Waals surface area contributed by atoms with Crippen molar-refractivity contribution in [1.29, 1.82) is 0 Å². The van der Waals surface area contributed by atoms with E-state index in [2.05, 4.69) is 49.5 Å². The second kappa shape index (κ2) is 16.5. The third-order valence-electron chi connectivity index (χ3n) is 4.35. The molecule has 160 valence electrons. The molecule has 4 nitrogen and oxygen atoms in total. The van der Waals surface area contributed by atoms with Gasteiger partial charge >= 0.3 is 5.97 Å². The van der Waals surface area contributed by atoms with Gasteiger partial charge in [0.25, 0.3) is 5.76 Å². The van der Waals surface area contributed by atoms with E-state index in [0.29, 0.717) is 6.42 Å². The van der Waals surface area contributed by atoms with Crippen LogP contribution >= 0.6 is 0 Å². The van der Waals surface area contributed by atoms with Crippen LogP contribution in [0, 0.1) is 0 Å². The third kappa shape index (κ3) is 11.2. The topological polar surface area (TPSA) is 55.8 Å².